The Bertz CT molecular complexity index is 828. The van der Waals surface area contributed by atoms with E-state index in [4.69, 9.17) is 4.42 Å². The first-order chi connectivity index (χ1) is 12.3. The lowest BCUT2D eigenvalue weighted by Crippen LogP contribution is -2.43. The summed E-state index contributed by atoms with van der Waals surface area (Å²) in [4.78, 5) is 23.3. The second-order valence-electron chi connectivity index (χ2n) is 6.19. The number of hydrogen-bond acceptors (Lipinski definition) is 5. The zero-order chi connectivity index (χ0) is 17.1. The monoisotopic (exact) mass is 337 g/mol. The van der Waals surface area contributed by atoms with Gasteiger partial charge >= 0.3 is 0 Å². The molecule has 0 aliphatic carbocycles. The Morgan fingerprint density at radius 3 is 3.04 bits per heavy atom. The maximum Gasteiger partial charge on any atom is 0.244 e. The van der Waals surface area contributed by atoms with E-state index in [0.717, 1.165) is 29.9 Å². The number of hydrogen-bond donors (Lipinski definition) is 1. The quantitative estimate of drug-likeness (QED) is 0.767. The van der Waals surface area contributed by atoms with Crippen molar-refractivity contribution in [3.8, 4) is 0 Å². The highest BCUT2D eigenvalue weighted by molar-refractivity contribution is 5.80. The van der Waals surface area contributed by atoms with Gasteiger partial charge in [0.1, 0.15) is 6.04 Å². The summed E-state index contributed by atoms with van der Waals surface area (Å²) < 4.78 is 7.11. The Kier molecular flexibility index (Phi) is 4.30. The van der Waals surface area contributed by atoms with E-state index in [1.807, 2.05) is 29.0 Å². The molecule has 1 N–H and O–H groups in total. The molecule has 0 saturated heterocycles. The van der Waals surface area contributed by atoms with Crippen molar-refractivity contribution in [1.29, 1.82) is 0 Å². The lowest BCUT2D eigenvalue weighted by molar-refractivity contribution is -0.125. The minimum absolute atomic E-state index is 0.0139. The molecule has 4 rings (SSSR count). The molecular weight excluding hydrogens is 318 g/mol. The van der Waals surface area contributed by atoms with Crippen LogP contribution in [0.25, 0.3) is 0 Å². The molecule has 0 bridgehead atoms. The van der Waals surface area contributed by atoms with Crippen LogP contribution in [0.2, 0.25) is 0 Å². The number of nitrogens with zero attached hydrogens (tertiary/aromatic N) is 4. The molecule has 0 radical (unpaired) electrons. The van der Waals surface area contributed by atoms with E-state index in [0.29, 0.717) is 13.1 Å². The molecule has 4 heterocycles. The van der Waals surface area contributed by atoms with E-state index in [1.54, 1.807) is 31.2 Å². The first kappa shape index (κ1) is 15.6. The predicted octanol–water partition coefficient (Wildman–Crippen LogP) is 1.74. The van der Waals surface area contributed by atoms with Crippen molar-refractivity contribution in [3.63, 3.8) is 0 Å². The Labute approximate surface area is 145 Å². The average molecular weight is 337 g/mol. The number of furan rings is 1. The number of rotatable bonds is 5. The van der Waals surface area contributed by atoms with Crippen LogP contribution in [0.5, 0.6) is 0 Å². The van der Waals surface area contributed by atoms with Gasteiger partial charge in [0.15, 0.2) is 0 Å². The van der Waals surface area contributed by atoms with Gasteiger partial charge in [0.2, 0.25) is 5.91 Å². The SMILES string of the molecule is O=C(NCc1cccnc1)[C@H]1CN(Cc2ccoc2)Cc2cncn21. The third-order valence-corrected chi connectivity index (χ3v) is 4.38. The second-order valence-corrected chi connectivity index (χ2v) is 6.19. The maximum atomic E-state index is 12.8. The fourth-order valence-corrected chi connectivity index (χ4v) is 3.14. The van der Waals surface area contributed by atoms with Crippen LogP contribution in [-0.4, -0.2) is 31.9 Å². The van der Waals surface area contributed by atoms with Crippen molar-refractivity contribution < 1.29 is 9.21 Å². The Hall–Kier alpha value is -2.93. The highest BCUT2D eigenvalue weighted by atomic mass is 16.3. The van der Waals surface area contributed by atoms with Crippen LogP contribution in [0.15, 0.2) is 60.1 Å². The van der Waals surface area contributed by atoms with Crippen molar-refractivity contribution in [2.45, 2.75) is 25.7 Å². The second kappa shape index (κ2) is 6.90. The number of carbonyl (C=O) groups is 1. The van der Waals surface area contributed by atoms with Crippen LogP contribution >= 0.6 is 0 Å². The molecule has 3 aromatic rings. The molecule has 1 aliphatic heterocycles. The molecule has 3 aromatic heterocycles. The molecule has 7 nitrogen and oxygen atoms in total. The average Bonchev–Trinajstić information content (AvgIpc) is 3.31. The summed E-state index contributed by atoms with van der Waals surface area (Å²) in [5.74, 6) is -0.0139. The standard InChI is InChI=1S/C18H19N5O2/c24-18(21-7-14-2-1-4-19-6-14)17-11-22(9-15-3-5-25-12-15)10-16-8-20-13-23(16)17/h1-6,8,12-13,17H,7,9-11H2,(H,21,24)/t17-/m1/s1. The summed E-state index contributed by atoms with van der Waals surface area (Å²) in [5, 5.41) is 3.01. The van der Waals surface area contributed by atoms with Crippen molar-refractivity contribution in [2.75, 3.05) is 6.54 Å². The van der Waals surface area contributed by atoms with Crippen LogP contribution < -0.4 is 5.32 Å². The number of imidazole rings is 1. The van der Waals surface area contributed by atoms with Gasteiger partial charge in [-0.05, 0) is 17.7 Å². The van der Waals surface area contributed by atoms with Gasteiger partial charge in [0, 0.05) is 50.3 Å². The molecule has 1 atom stereocenters. The third-order valence-electron chi connectivity index (χ3n) is 4.38. The third kappa shape index (κ3) is 3.46. The van der Waals surface area contributed by atoms with Crippen molar-refractivity contribution >= 4 is 5.91 Å². The lowest BCUT2D eigenvalue weighted by Gasteiger charge is -2.33. The van der Waals surface area contributed by atoms with E-state index in [9.17, 15) is 4.79 Å². The van der Waals surface area contributed by atoms with Gasteiger partial charge in [-0.1, -0.05) is 6.07 Å². The van der Waals surface area contributed by atoms with Crippen molar-refractivity contribution in [2.24, 2.45) is 0 Å². The molecule has 25 heavy (non-hydrogen) atoms. The first-order valence-electron chi connectivity index (χ1n) is 8.20. The molecule has 0 unspecified atom stereocenters. The summed E-state index contributed by atoms with van der Waals surface area (Å²) in [6, 6.07) is 5.46. The molecule has 128 valence electrons. The highest BCUT2D eigenvalue weighted by Crippen LogP contribution is 2.23. The molecule has 0 saturated carbocycles. The summed E-state index contributed by atoms with van der Waals surface area (Å²) in [7, 11) is 0. The molecule has 7 heteroatoms. The number of carbonyl (C=O) groups excluding carboxylic acids is 1. The van der Waals surface area contributed by atoms with Crippen LogP contribution in [-0.2, 0) is 24.4 Å². The van der Waals surface area contributed by atoms with Crippen LogP contribution in [0.3, 0.4) is 0 Å². The fraction of sp³-hybridized carbons (Fsp3) is 0.278. The molecule has 0 fully saturated rings. The first-order valence-corrected chi connectivity index (χ1v) is 8.20. The summed E-state index contributed by atoms with van der Waals surface area (Å²) in [6.45, 7) is 2.61. The number of fused-ring (bicyclic) bond motifs is 1. The minimum atomic E-state index is -0.296. The molecule has 1 amide bonds. The molecule has 1 aliphatic rings. The van der Waals surface area contributed by atoms with Gasteiger partial charge in [-0.15, -0.1) is 0 Å². The number of nitrogens with one attached hydrogen (secondary N) is 1. The Balaban J connectivity index is 1.46. The number of aromatic nitrogens is 3. The van der Waals surface area contributed by atoms with Crippen LogP contribution in [0.1, 0.15) is 22.9 Å². The Morgan fingerprint density at radius 1 is 1.28 bits per heavy atom. The fourth-order valence-electron chi connectivity index (χ4n) is 3.14. The zero-order valence-corrected chi connectivity index (χ0v) is 13.7. The molecule has 0 spiro atoms. The number of pyridine rings is 1. The van der Waals surface area contributed by atoms with Gasteiger partial charge < -0.3 is 14.3 Å². The topological polar surface area (TPSA) is 76.2 Å². The van der Waals surface area contributed by atoms with E-state index in [-0.39, 0.29) is 11.9 Å². The van der Waals surface area contributed by atoms with Crippen LogP contribution in [0, 0.1) is 0 Å². The zero-order valence-electron chi connectivity index (χ0n) is 13.7. The molecule has 0 aromatic carbocycles. The van der Waals surface area contributed by atoms with Crippen molar-refractivity contribution in [3.05, 3.63) is 72.5 Å². The maximum absolute atomic E-state index is 12.8. The van der Waals surface area contributed by atoms with Crippen molar-refractivity contribution in [1.82, 2.24) is 24.8 Å². The van der Waals surface area contributed by atoms with Gasteiger partial charge in [0.05, 0.1) is 24.5 Å². The summed E-state index contributed by atoms with van der Waals surface area (Å²) in [5.41, 5.74) is 3.12. The highest BCUT2D eigenvalue weighted by Gasteiger charge is 2.30. The minimum Gasteiger partial charge on any atom is -0.472 e. The van der Waals surface area contributed by atoms with Crippen LogP contribution in [0.4, 0.5) is 0 Å². The van der Waals surface area contributed by atoms with E-state index < -0.39 is 0 Å². The normalized spacial score (nSPS) is 17.2. The van der Waals surface area contributed by atoms with Gasteiger partial charge in [-0.2, -0.15) is 0 Å². The Morgan fingerprint density at radius 2 is 2.24 bits per heavy atom. The largest absolute Gasteiger partial charge is 0.472 e. The number of amides is 1. The van der Waals surface area contributed by atoms with E-state index in [1.165, 1.54) is 0 Å². The molecular formula is C18H19N5O2. The van der Waals surface area contributed by atoms with E-state index in [2.05, 4.69) is 20.2 Å². The summed E-state index contributed by atoms with van der Waals surface area (Å²) >= 11 is 0. The lowest BCUT2D eigenvalue weighted by atomic mass is 10.1. The van der Waals surface area contributed by atoms with E-state index >= 15 is 0 Å². The smallest absolute Gasteiger partial charge is 0.244 e. The van der Waals surface area contributed by atoms with Gasteiger partial charge in [-0.25, -0.2) is 4.98 Å². The summed E-state index contributed by atoms with van der Waals surface area (Å²) in [6.07, 6.45) is 10.4. The van der Waals surface area contributed by atoms with Gasteiger partial charge in [-0.3, -0.25) is 14.7 Å². The predicted molar refractivity (Wildman–Crippen MR) is 90.2 cm³/mol. The van der Waals surface area contributed by atoms with Gasteiger partial charge in [0.25, 0.3) is 0 Å².